The second-order valence-electron chi connectivity index (χ2n) is 5.37. The second kappa shape index (κ2) is 6.27. The molecule has 2 atom stereocenters. The SMILES string of the molecule is CC[C@H](C)C1=NN(C(=O)c2ccccc2)[C@](O)(C(=O)OC)C1. The second-order valence-corrected chi connectivity index (χ2v) is 5.37. The zero-order chi connectivity index (χ0) is 16.3. The summed E-state index contributed by atoms with van der Waals surface area (Å²) in [5.41, 5.74) is -1.13. The van der Waals surface area contributed by atoms with Gasteiger partial charge in [0.2, 0.25) is 0 Å². The van der Waals surface area contributed by atoms with E-state index in [1.54, 1.807) is 30.3 Å². The molecule has 0 saturated carbocycles. The quantitative estimate of drug-likeness (QED) is 0.860. The highest BCUT2D eigenvalue weighted by Gasteiger charge is 2.52. The summed E-state index contributed by atoms with van der Waals surface area (Å²) in [4.78, 5) is 24.6. The number of rotatable bonds is 4. The molecular weight excluding hydrogens is 284 g/mol. The van der Waals surface area contributed by atoms with Gasteiger partial charge in [0.1, 0.15) is 0 Å². The standard InChI is InChI=1S/C16H20N2O4/c1-4-11(2)13-10-16(21,15(20)22-3)18(17-13)14(19)12-8-6-5-7-9-12/h5-9,11,21H,4,10H2,1-3H3/t11-,16+/m0/s1. The van der Waals surface area contributed by atoms with Gasteiger partial charge in [0, 0.05) is 17.7 Å². The Balaban J connectivity index is 2.40. The predicted octanol–water partition coefficient (Wildman–Crippen LogP) is 1.80. The molecule has 118 valence electrons. The minimum absolute atomic E-state index is 0.0345. The van der Waals surface area contributed by atoms with Crippen LogP contribution in [0, 0.1) is 5.92 Å². The molecule has 0 saturated heterocycles. The summed E-state index contributed by atoms with van der Waals surface area (Å²) >= 11 is 0. The number of ether oxygens (including phenoxy) is 1. The molecule has 1 N–H and O–H groups in total. The van der Waals surface area contributed by atoms with Crippen molar-refractivity contribution >= 4 is 17.6 Å². The number of nitrogens with zero attached hydrogens (tertiary/aromatic N) is 2. The van der Waals surface area contributed by atoms with Crippen LogP contribution in [-0.4, -0.2) is 40.5 Å². The highest BCUT2D eigenvalue weighted by Crippen LogP contribution is 2.31. The first-order valence-electron chi connectivity index (χ1n) is 7.21. The van der Waals surface area contributed by atoms with Gasteiger partial charge in [0.05, 0.1) is 7.11 Å². The smallest absolute Gasteiger partial charge is 0.361 e. The normalized spacial score (nSPS) is 22.2. The van der Waals surface area contributed by atoms with Crippen molar-refractivity contribution in [2.45, 2.75) is 32.4 Å². The Kier molecular flexibility index (Phi) is 4.61. The largest absolute Gasteiger partial charge is 0.465 e. The van der Waals surface area contributed by atoms with Gasteiger partial charge < -0.3 is 9.84 Å². The number of benzene rings is 1. The van der Waals surface area contributed by atoms with E-state index in [1.807, 2.05) is 13.8 Å². The molecule has 0 unspecified atom stereocenters. The molecule has 1 aromatic rings. The van der Waals surface area contributed by atoms with Gasteiger partial charge in [0.25, 0.3) is 11.6 Å². The number of methoxy groups -OCH3 is 1. The molecule has 0 aromatic heterocycles. The van der Waals surface area contributed by atoms with E-state index in [0.717, 1.165) is 11.4 Å². The predicted molar refractivity (Wildman–Crippen MR) is 81.1 cm³/mol. The molecule has 2 rings (SSSR count). The zero-order valence-corrected chi connectivity index (χ0v) is 12.9. The molecule has 0 fully saturated rings. The van der Waals surface area contributed by atoms with Crippen molar-refractivity contribution in [3.05, 3.63) is 35.9 Å². The molecular formula is C16H20N2O4. The summed E-state index contributed by atoms with van der Waals surface area (Å²) in [5, 5.41) is 15.7. The molecule has 0 aliphatic carbocycles. The van der Waals surface area contributed by atoms with Gasteiger partial charge in [-0.3, -0.25) is 4.79 Å². The Morgan fingerprint density at radius 1 is 1.41 bits per heavy atom. The van der Waals surface area contributed by atoms with E-state index in [0.29, 0.717) is 11.3 Å². The van der Waals surface area contributed by atoms with E-state index in [9.17, 15) is 14.7 Å². The first-order valence-corrected chi connectivity index (χ1v) is 7.21. The van der Waals surface area contributed by atoms with Crippen molar-refractivity contribution in [2.75, 3.05) is 7.11 Å². The van der Waals surface area contributed by atoms with Crippen LogP contribution in [0.2, 0.25) is 0 Å². The van der Waals surface area contributed by atoms with E-state index < -0.39 is 17.6 Å². The lowest BCUT2D eigenvalue weighted by Crippen LogP contribution is -2.53. The Labute approximate surface area is 129 Å². The molecule has 1 amide bonds. The van der Waals surface area contributed by atoms with Crippen LogP contribution in [-0.2, 0) is 9.53 Å². The van der Waals surface area contributed by atoms with Crippen molar-refractivity contribution in [2.24, 2.45) is 11.0 Å². The highest BCUT2D eigenvalue weighted by atomic mass is 16.5. The maximum absolute atomic E-state index is 12.6. The number of hydrogen-bond acceptors (Lipinski definition) is 5. The van der Waals surface area contributed by atoms with Crippen molar-refractivity contribution in [3.63, 3.8) is 0 Å². The number of hydrazone groups is 1. The molecule has 1 aliphatic heterocycles. The Bertz CT molecular complexity index is 599. The number of aliphatic hydroxyl groups is 1. The number of amides is 1. The molecule has 6 nitrogen and oxygen atoms in total. The average Bonchev–Trinajstić information content (AvgIpc) is 2.92. The molecule has 22 heavy (non-hydrogen) atoms. The van der Waals surface area contributed by atoms with Crippen LogP contribution in [0.1, 0.15) is 37.0 Å². The van der Waals surface area contributed by atoms with Gasteiger partial charge >= 0.3 is 5.97 Å². The molecule has 6 heteroatoms. The van der Waals surface area contributed by atoms with Crippen LogP contribution in [0.5, 0.6) is 0 Å². The van der Waals surface area contributed by atoms with Gasteiger partial charge in [-0.1, -0.05) is 32.0 Å². The summed E-state index contributed by atoms with van der Waals surface area (Å²) in [6.07, 6.45) is 0.761. The van der Waals surface area contributed by atoms with Gasteiger partial charge in [-0.2, -0.15) is 10.1 Å². The molecule has 0 spiro atoms. The number of esters is 1. The topological polar surface area (TPSA) is 79.2 Å². The first kappa shape index (κ1) is 16.2. The van der Waals surface area contributed by atoms with Gasteiger partial charge in [-0.15, -0.1) is 0 Å². The van der Waals surface area contributed by atoms with E-state index in [1.165, 1.54) is 7.11 Å². The third kappa shape index (κ3) is 2.74. The summed E-state index contributed by atoms with van der Waals surface area (Å²) in [6.45, 7) is 3.92. The van der Waals surface area contributed by atoms with Crippen LogP contribution in [0.4, 0.5) is 0 Å². The monoisotopic (exact) mass is 304 g/mol. The van der Waals surface area contributed by atoms with E-state index in [-0.39, 0.29) is 12.3 Å². The van der Waals surface area contributed by atoms with Crippen molar-refractivity contribution in [3.8, 4) is 0 Å². The Hall–Kier alpha value is -2.21. The van der Waals surface area contributed by atoms with E-state index in [4.69, 9.17) is 0 Å². The fourth-order valence-corrected chi connectivity index (χ4v) is 2.32. The number of hydrogen-bond donors (Lipinski definition) is 1. The summed E-state index contributed by atoms with van der Waals surface area (Å²) in [6, 6.07) is 8.41. The van der Waals surface area contributed by atoms with Crippen LogP contribution < -0.4 is 0 Å². The third-order valence-electron chi connectivity index (χ3n) is 3.91. The maximum atomic E-state index is 12.6. The first-order chi connectivity index (χ1) is 10.4. The van der Waals surface area contributed by atoms with Crippen LogP contribution >= 0.6 is 0 Å². The highest BCUT2D eigenvalue weighted by molar-refractivity contribution is 6.03. The minimum atomic E-state index is -2.08. The molecule has 1 aliphatic rings. The van der Waals surface area contributed by atoms with Crippen molar-refractivity contribution < 1.29 is 19.4 Å². The van der Waals surface area contributed by atoms with E-state index >= 15 is 0 Å². The average molecular weight is 304 g/mol. The van der Waals surface area contributed by atoms with Gasteiger partial charge in [0.15, 0.2) is 0 Å². The lowest BCUT2D eigenvalue weighted by Gasteiger charge is -2.28. The zero-order valence-electron chi connectivity index (χ0n) is 12.9. The minimum Gasteiger partial charge on any atom is -0.465 e. The molecule has 1 heterocycles. The molecule has 1 aromatic carbocycles. The summed E-state index contributed by atoms with van der Waals surface area (Å²) in [7, 11) is 1.17. The van der Waals surface area contributed by atoms with Crippen molar-refractivity contribution in [1.82, 2.24) is 5.01 Å². The fraction of sp³-hybridized carbons (Fsp3) is 0.438. The van der Waals surface area contributed by atoms with Crippen LogP contribution in [0.25, 0.3) is 0 Å². The lowest BCUT2D eigenvalue weighted by molar-refractivity contribution is -0.176. The fourth-order valence-electron chi connectivity index (χ4n) is 2.32. The lowest BCUT2D eigenvalue weighted by atomic mass is 9.96. The van der Waals surface area contributed by atoms with Crippen molar-refractivity contribution in [1.29, 1.82) is 0 Å². The third-order valence-corrected chi connectivity index (χ3v) is 3.91. The van der Waals surface area contributed by atoms with Crippen LogP contribution in [0.3, 0.4) is 0 Å². The molecule has 0 bridgehead atoms. The van der Waals surface area contributed by atoms with Crippen LogP contribution in [0.15, 0.2) is 35.4 Å². The summed E-state index contributed by atoms with van der Waals surface area (Å²) < 4.78 is 4.66. The maximum Gasteiger partial charge on any atom is 0.361 e. The number of carbonyl (C=O) groups excluding carboxylic acids is 2. The number of carbonyl (C=O) groups is 2. The van der Waals surface area contributed by atoms with Gasteiger partial charge in [-0.25, -0.2) is 4.79 Å². The molecule has 0 radical (unpaired) electrons. The van der Waals surface area contributed by atoms with E-state index in [2.05, 4.69) is 9.84 Å². The summed E-state index contributed by atoms with van der Waals surface area (Å²) in [5.74, 6) is -1.37. The van der Waals surface area contributed by atoms with Gasteiger partial charge in [-0.05, 0) is 24.5 Å². The Morgan fingerprint density at radius 2 is 2.05 bits per heavy atom. The Morgan fingerprint density at radius 3 is 2.59 bits per heavy atom.